The Labute approximate surface area is 129 Å². The molecule has 19 heavy (non-hydrogen) atoms. The van der Waals surface area contributed by atoms with Crippen LogP contribution in [0.1, 0.15) is 68.6 Å². The zero-order valence-electron chi connectivity index (χ0n) is 11.6. The summed E-state index contributed by atoms with van der Waals surface area (Å²) >= 11 is 9.31. The molecule has 0 saturated carbocycles. The quantitative estimate of drug-likeness (QED) is 0.372. The van der Waals surface area contributed by atoms with Gasteiger partial charge in [-0.1, -0.05) is 73.0 Å². The lowest BCUT2D eigenvalue weighted by Gasteiger charge is -2.03. The maximum atomic E-state index is 12.0. The van der Waals surface area contributed by atoms with Gasteiger partial charge >= 0.3 is 0 Å². The van der Waals surface area contributed by atoms with E-state index in [9.17, 15) is 4.79 Å². The summed E-state index contributed by atoms with van der Waals surface area (Å²) < 4.78 is 0.864. The van der Waals surface area contributed by atoms with Crippen LogP contribution in [0, 0.1) is 0 Å². The van der Waals surface area contributed by atoms with E-state index in [1.807, 2.05) is 6.07 Å². The standard InChI is InChI=1S/C16H22BrClO/c1-2-3-4-5-6-7-8-9-16(19)13-10-14(17)12-15(18)11-13/h10-12H,2-9H2,1H3. The fourth-order valence-corrected chi connectivity index (χ4v) is 2.96. The van der Waals surface area contributed by atoms with Crippen molar-refractivity contribution in [2.45, 2.75) is 58.3 Å². The highest BCUT2D eigenvalue weighted by Gasteiger charge is 2.07. The lowest BCUT2D eigenvalue weighted by molar-refractivity contribution is 0.0979. The molecule has 1 nitrogen and oxygen atoms in total. The molecule has 1 aromatic rings. The average molecular weight is 346 g/mol. The Morgan fingerprint density at radius 2 is 1.68 bits per heavy atom. The summed E-state index contributed by atoms with van der Waals surface area (Å²) in [5, 5.41) is 0.609. The summed E-state index contributed by atoms with van der Waals surface area (Å²) in [5.41, 5.74) is 0.713. The number of Topliss-reactive ketones (excluding diaryl/α,β-unsaturated/α-hetero) is 1. The third-order valence-electron chi connectivity index (χ3n) is 3.19. The first-order valence-electron chi connectivity index (χ1n) is 7.12. The van der Waals surface area contributed by atoms with Crippen molar-refractivity contribution >= 4 is 33.3 Å². The topological polar surface area (TPSA) is 17.1 Å². The Bertz CT molecular complexity index is 383. The summed E-state index contributed by atoms with van der Waals surface area (Å²) in [6, 6.07) is 5.39. The second kappa shape index (κ2) is 9.55. The van der Waals surface area contributed by atoms with Crippen LogP contribution >= 0.6 is 27.5 Å². The van der Waals surface area contributed by atoms with Gasteiger partial charge in [0, 0.05) is 21.5 Å². The van der Waals surface area contributed by atoms with Gasteiger partial charge in [-0.15, -0.1) is 0 Å². The van der Waals surface area contributed by atoms with Crippen molar-refractivity contribution < 1.29 is 4.79 Å². The van der Waals surface area contributed by atoms with Crippen LogP contribution in [0.3, 0.4) is 0 Å². The van der Waals surface area contributed by atoms with E-state index in [1.54, 1.807) is 12.1 Å². The SMILES string of the molecule is CCCCCCCCCC(=O)c1cc(Cl)cc(Br)c1. The number of hydrogen-bond donors (Lipinski definition) is 0. The highest BCUT2D eigenvalue weighted by Crippen LogP contribution is 2.21. The smallest absolute Gasteiger partial charge is 0.162 e. The molecule has 0 N–H and O–H groups in total. The van der Waals surface area contributed by atoms with Gasteiger partial charge in [0.15, 0.2) is 5.78 Å². The van der Waals surface area contributed by atoms with E-state index in [4.69, 9.17) is 11.6 Å². The van der Waals surface area contributed by atoms with Crippen LogP contribution in [0.15, 0.2) is 22.7 Å². The van der Waals surface area contributed by atoms with Gasteiger partial charge in [0.05, 0.1) is 0 Å². The average Bonchev–Trinajstić information content (AvgIpc) is 2.36. The highest BCUT2D eigenvalue weighted by atomic mass is 79.9. The lowest BCUT2D eigenvalue weighted by Crippen LogP contribution is -1.99. The van der Waals surface area contributed by atoms with E-state index >= 15 is 0 Å². The second-order valence-electron chi connectivity index (χ2n) is 4.95. The fourth-order valence-electron chi connectivity index (χ4n) is 2.10. The molecule has 106 valence electrons. The number of ketones is 1. The third kappa shape index (κ3) is 7.12. The molecule has 0 aliphatic heterocycles. The van der Waals surface area contributed by atoms with Crippen LogP contribution in [-0.2, 0) is 0 Å². The monoisotopic (exact) mass is 344 g/mol. The number of rotatable bonds is 9. The van der Waals surface area contributed by atoms with E-state index in [2.05, 4.69) is 22.9 Å². The Morgan fingerprint density at radius 3 is 2.32 bits per heavy atom. The van der Waals surface area contributed by atoms with E-state index in [0.29, 0.717) is 17.0 Å². The number of hydrogen-bond acceptors (Lipinski definition) is 1. The summed E-state index contributed by atoms with van der Waals surface area (Å²) in [6.45, 7) is 2.22. The first kappa shape index (κ1) is 16.7. The lowest BCUT2D eigenvalue weighted by atomic mass is 10.0. The van der Waals surface area contributed by atoms with Crippen molar-refractivity contribution in [2.75, 3.05) is 0 Å². The summed E-state index contributed by atoms with van der Waals surface area (Å²) in [7, 11) is 0. The van der Waals surface area contributed by atoms with Crippen LogP contribution < -0.4 is 0 Å². The van der Waals surface area contributed by atoms with E-state index in [0.717, 1.165) is 17.3 Å². The predicted octanol–water partition coefficient (Wildman–Crippen LogP) is 6.43. The Hall–Kier alpha value is -0.340. The molecule has 0 unspecified atom stereocenters. The number of unbranched alkanes of at least 4 members (excludes halogenated alkanes) is 6. The van der Waals surface area contributed by atoms with Gasteiger partial charge in [-0.05, 0) is 24.6 Å². The van der Waals surface area contributed by atoms with Crippen molar-refractivity contribution in [3.8, 4) is 0 Å². The molecule has 3 heteroatoms. The minimum Gasteiger partial charge on any atom is -0.294 e. The summed E-state index contributed by atoms with van der Waals surface area (Å²) in [4.78, 5) is 12.0. The van der Waals surface area contributed by atoms with Crippen LogP contribution in [0.25, 0.3) is 0 Å². The van der Waals surface area contributed by atoms with Crippen molar-refractivity contribution in [2.24, 2.45) is 0 Å². The van der Waals surface area contributed by atoms with Gasteiger partial charge in [-0.3, -0.25) is 4.79 Å². The zero-order valence-corrected chi connectivity index (χ0v) is 13.9. The molecular weight excluding hydrogens is 324 g/mol. The van der Waals surface area contributed by atoms with Gasteiger partial charge in [0.1, 0.15) is 0 Å². The van der Waals surface area contributed by atoms with E-state index < -0.39 is 0 Å². The third-order valence-corrected chi connectivity index (χ3v) is 3.87. The first-order chi connectivity index (χ1) is 9.13. The molecule has 0 saturated heterocycles. The maximum Gasteiger partial charge on any atom is 0.162 e. The number of carbonyl (C=O) groups is 1. The fraction of sp³-hybridized carbons (Fsp3) is 0.562. The molecular formula is C16H22BrClO. The predicted molar refractivity (Wildman–Crippen MR) is 86.1 cm³/mol. The summed E-state index contributed by atoms with van der Waals surface area (Å²) in [5.74, 6) is 0.191. The minimum atomic E-state index is 0.191. The number of carbonyl (C=O) groups excluding carboxylic acids is 1. The second-order valence-corrected chi connectivity index (χ2v) is 6.30. The normalized spacial score (nSPS) is 10.7. The number of benzene rings is 1. The van der Waals surface area contributed by atoms with Crippen molar-refractivity contribution in [1.82, 2.24) is 0 Å². The Balaban J connectivity index is 2.24. The zero-order chi connectivity index (χ0) is 14.1. The molecule has 1 rings (SSSR count). The van der Waals surface area contributed by atoms with Crippen LogP contribution in [0.2, 0.25) is 5.02 Å². The molecule has 1 aromatic carbocycles. The van der Waals surface area contributed by atoms with Gasteiger partial charge in [-0.2, -0.15) is 0 Å². The van der Waals surface area contributed by atoms with Gasteiger partial charge in [0.25, 0.3) is 0 Å². The molecule has 0 atom stereocenters. The number of halogens is 2. The largest absolute Gasteiger partial charge is 0.294 e. The maximum absolute atomic E-state index is 12.0. The summed E-state index contributed by atoms with van der Waals surface area (Å²) in [6.07, 6.45) is 9.23. The molecule has 0 amide bonds. The van der Waals surface area contributed by atoms with Crippen LogP contribution in [-0.4, -0.2) is 5.78 Å². The molecule has 0 heterocycles. The molecule has 0 aliphatic carbocycles. The van der Waals surface area contributed by atoms with Crippen LogP contribution in [0.4, 0.5) is 0 Å². The van der Waals surface area contributed by atoms with Crippen molar-refractivity contribution in [3.63, 3.8) is 0 Å². The highest BCUT2D eigenvalue weighted by molar-refractivity contribution is 9.10. The molecule has 0 aromatic heterocycles. The molecule has 0 radical (unpaired) electrons. The van der Waals surface area contributed by atoms with Gasteiger partial charge in [-0.25, -0.2) is 0 Å². The minimum absolute atomic E-state index is 0.191. The Kier molecular flexibility index (Phi) is 8.40. The van der Waals surface area contributed by atoms with Crippen LogP contribution in [0.5, 0.6) is 0 Å². The van der Waals surface area contributed by atoms with Crippen molar-refractivity contribution in [1.29, 1.82) is 0 Å². The first-order valence-corrected chi connectivity index (χ1v) is 8.30. The Morgan fingerprint density at radius 1 is 1.05 bits per heavy atom. The van der Waals surface area contributed by atoms with Gasteiger partial charge in [0.2, 0.25) is 0 Å². The molecule has 0 spiro atoms. The molecule has 0 fully saturated rings. The van der Waals surface area contributed by atoms with E-state index in [1.165, 1.54) is 32.1 Å². The van der Waals surface area contributed by atoms with Gasteiger partial charge < -0.3 is 0 Å². The molecule has 0 aliphatic rings. The van der Waals surface area contributed by atoms with E-state index in [-0.39, 0.29) is 5.78 Å². The van der Waals surface area contributed by atoms with Crippen molar-refractivity contribution in [3.05, 3.63) is 33.3 Å². The molecule has 0 bridgehead atoms.